The molecule has 9 nitrogen and oxygen atoms in total. The highest BCUT2D eigenvalue weighted by atomic mass is 32.2. The molecule has 1 aromatic heterocycles. The quantitative estimate of drug-likeness (QED) is 0.405. The summed E-state index contributed by atoms with van der Waals surface area (Å²) in [5, 5.41) is 3.65. The van der Waals surface area contributed by atoms with Crippen molar-refractivity contribution in [2.75, 3.05) is 61.0 Å². The lowest BCUT2D eigenvalue weighted by Crippen LogP contribution is -2.46. The molecule has 1 saturated heterocycles. The van der Waals surface area contributed by atoms with E-state index in [0.717, 1.165) is 48.5 Å². The lowest BCUT2D eigenvalue weighted by molar-refractivity contribution is -0.113. The summed E-state index contributed by atoms with van der Waals surface area (Å²) in [5.41, 5.74) is 1.83. The van der Waals surface area contributed by atoms with E-state index in [2.05, 4.69) is 37.2 Å². The highest BCUT2D eigenvalue weighted by molar-refractivity contribution is 7.99. The van der Waals surface area contributed by atoms with E-state index < -0.39 is 0 Å². The molecule has 2 aliphatic heterocycles. The number of hydrogen-bond acceptors (Lipinski definition) is 9. The first-order valence-electron chi connectivity index (χ1n) is 11.0. The molecule has 34 heavy (non-hydrogen) atoms. The number of nitrogens with zero attached hydrogens (tertiary/aromatic N) is 4. The normalized spacial score (nSPS) is 14.7. The van der Waals surface area contributed by atoms with E-state index in [4.69, 9.17) is 14.2 Å². The molecular weight excluding hydrogens is 454 g/mol. The van der Waals surface area contributed by atoms with Crippen molar-refractivity contribution in [3.8, 4) is 17.2 Å². The van der Waals surface area contributed by atoms with E-state index in [1.54, 1.807) is 31.6 Å². The first kappa shape index (κ1) is 22.1. The zero-order chi connectivity index (χ0) is 23.3. The van der Waals surface area contributed by atoms with Crippen molar-refractivity contribution in [1.29, 1.82) is 0 Å². The Balaban J connectivity index is 1.14. The number of carbonyl (C=O) groups excluding carboxylic acids is 1. The SMILES string of the molecule is COc1cccc(N2CCN(c3cc(SCC(=O)Nc4ccc5c(c4)OCO5)ncn3)CC2)c1. The predicted octanol–water partition coefficient (Wildman–Crippen LogP) is 3.27. The van der Waals surface area contributed by atoms with Crippen molar-refractivity contribution in [3.05, 3.63) is 54.9 Å². The van der Waals surface area contributed by atoms with Gasteiger partial charge < -0.3 is 29.3 Å². The minimum absolute atomic E-state index is 0.115. The molecule has 3 aromatic rings. The van der Waals surface area contributed by atoms with Crippen LogP contribution in [-0.2, 0) is 4.79 Å². The second kappa shape index (κ2) is 10.1. The Morgan fingerprint density at radius 3 is 2.71 bits per heavy atom. The molecule has 0 unspecified atom stereocenters. The van der Waals surface area contributed by atoms with E-state index in [1.165, 1.54) is 11.8 Å². The highest BCUT2D eigenvalue weighted by Crippen LogP contribution is 2.34. The first-order valence-corrected chi connectivity index (χ1v) is 11.9. The average Bonchev–Trinajstić information content (AvgIpc) is 3.36. The van der Waals surface area contributed by atoms with Gasteiger partial charge in [0.15, 0.2) is 11.5 Å². The topological polar surface area (TPSA) is 89.1 Å². The van der Waals surface area contributed by atoms with Crippen LogP contribution >= 0.6 is 11.8 Å². The zero-order valence-corrected chi connectivity index (χ0v) is 19.6. The monoisotopic (exact) mass is 479 g/mol. The molecule has 2 aromatic carbocycles. The van der Waals surface area contributed by atoms with Crippen molar-refractivity contribution < 1.29 is 19.0 Å². The van der Waals surface area contributed by atoms with Crippen LogP contribution < -0.4 is 29.3 Å². The van der Waals surface area contributed by atoms with Crippen molar-refractivity contribution >= 4 is 34.9 Å². The summed E-state index contributed by atoms with van der Waals surface area (Å²) in [4.78, 5) is 25.8. The first-order chi connectivity index (χ1) is 16.7. The van der Waals surface area contributed by atoms with Gasteiger partial charge in [0.2, 0.25) is 12.7 Å². The Morgan fingerprint density at radius 2 is 1.85 bits per heavy atom. The van der Waals surface area contributed by atoms with Crippen molar-refractivity contribution in [1.82, 2.24) is 9.97 Å². The molecule has 5 rings (SSSR count). The van der Waals surface area contributed by atoms with Crippen LogP contribution in [0.4, 0.5) is 17.2 Å². The largest absolute Gasteiger partial charge is 0.497 e. The Hall–Kier alpha value is -3.66. The van der Waals surface area contributed by atoms with Crippen LogP contribution in [0.3, 0.4) is 0 Å². The molecule has 0 aliphatic carbocycles. The average molecular weight is 480 g/mol. The molecule has 1 amide bonds. The van der Waals surface area contributed by atoms with Crippen LogP contribution in [0.5, 0.6) is 17.2 Å². The molecule has 0 saturated carbocycles. The highest BCUT2D eigenvalue weighted by Gasteiger charge is 2.20. The third kappa shape index (κ3) is 5.12. The van der Waals surface area contributed by atoms with E-state index in [-0.39, 0.29) is 18.5 Å². The third-order valence-electron chi connectivity index (χ3n) is 5.66. The van der Waals surface area contributed by atoms with Gasteiger partial charge in [0.1, 0.15) is 22.9 Å². The maximum Gasteiger partial charge on any atom is 0.234 e. The number of hydrogen-bond donors (Lipinski definition) is 1. The predicted molar refractivity (Wildman–Crippen MR) is 131 cm³/mol. The summed E-state index contributed by atoms with van der Waals surface area (Å²) in [5.74, 6) is 3.19. The number of amides is 1. The summed E-state index contributed by atoms with van der Waals surface area (Å²) < 4.78 is 16.0. The number of rotatable bonds is 7. The summed E-state index contributed by atoms with van der Waals surface area (Å²) in [6.45, 7) is 3.68. The van der Waals surface area contributed by atoms with E-state index in [1.807, 2.05) is 18.2 Å². The van der Waals surface area contributed by atoms with Gasteiger partial charge in [-0.2, -0.15) is 0 Å². The standard InChI is InChI=1S/C24H25N5O4S/c1-31-19-4-2-3-18(12-19)28-7-9-29(10-8-28)22-13-24(26-15-25-22)34-14-23(30)27-17-5-6-20-21(11-17)33-16-32-20/h2-6,11-13,15H,7-10,14,16H2,1H3,(H,27,30). The number of benzene rings is 2. The fourth-order valence-electron chi connectivity index (χ4n) is 3.89. The Labute approximate surface area is 202 Å². The number of ether oxygens (including phenoxy) is 3. The molecular formula is C24H25N5O4S. The molecule has 1 N–H and O–H groups in total. The molecule has 2 aliphatic rings. The van der Waals surface area contributed by atoms with Gasteiger partial charge in [0.05, 0.1) is 12.9 Å². The van der Waals surface area contributed by atoms with Crippen LogP contribution in [0.2, 0.25) is 0 Å². The van der Waals surface area contributed by atoms with Crippen LogP contribution in [0.1, 0.15) is 0 Å². The van der Waals surface area contributed by atoms with Gasteiger partial charge >= 0.3 is 0 Å². The van der Waals surface area contributed by atoms with E-state index in [9.17, 15) is 4.79 Å². The molecule has 1 fully saturated rings. The second-order valence-electron chi connectivity index (χ2n) is 7.79. The summed E-state index contributed by atoms with van der Waals surface area (Å²) >= 11 is 1.38. The lowest BCUT2D eigenvalue weighted by Gasteiger charge is -2.36. The number of aromatic nitrogens is 2. The molecule has 0 atom stereocenters. The lowest BCUT2D eigenvalue weighted by atomic mass is 10.2. The maximum absolute atomic E-state index is 12.4. The van der Waals surface area contributed by atoms with Gasteiger partial charge in [-0.25, -0.2) is 9.97 Å². The van der Waals surface area contributed by atoms with Gasteiger partial charge in [0.25, 0.3) is 0 Å². The van der Waals surface area contributed by atoms with E-state index >= 15 is 0 Å². The van der Waals surface area contributed by atoms with Crippen LogP contribution in [0.15, 0.2) is 59.9 Å². The Bertz CT molecular complexity index is 1170. The number of carbonyl (C=O) groups is 1. The zero-order valence-electron chi connectivity index (χ0n) is 18.8. The van der Waals surface area contributed by atoms with Crippen LogP contribution in [-0.4, -0.2) is 61.7 Å². The maximum atomic E-state index is 12.4. The number of nitrogens with one attached hydrogen (secondary N) is 1. The molecule has 0 spiro atoms. The Kier molecular flexibility index (Phi) is 6.57. The molecule has 3 heterocycles. The number of methoxy groups -OCH3 is 1. The van der Waals surface area contributed by atoms with Crippen molar-refractivity contribution in [2.45, 2.75) is 5.03 Å². The van der Waals surface area contributed by atoms with Crippen LogP contribution in [0, 0.1) is 0 Å². The number of fused-ring (bicyclic) bond motifs is 1. The van der Waals surface area contributed by atoms with Gasteiger partial charge in [-0.05, 0) is 24.3 Å². The van der Waals surface area contributed by atoms with E-state index in [0.29, 0.717) is 17.2 Å². The number of thioether (sulfide) groups is 1. The van der Waals surface area contributed by atoms with Gasteiger partial charge in [0, 0.05) is 55.8 Å². The molecule has 0 radical (unpaired) electrons. The fraction of sp³-hybridized carbons (Fsp3) is 0.292. The minimum atomic E-state index is -0.115. The molecule has 176 valence electrons. The summed E-state index contributed by atoms with van der Waals surface area (Å²) in [6.07, 6.45) is 1.56. The van der Waals surface area contributed by atoms with Crippen molar-refractivity contribution in [2.24, 2.45) is 0 Å². The van der Waals surface area contributed by atoms with Gasteiger partial charge in [-0.1, -0.05) is 17.8 Å². The van der Waals surface area contributed by atoms with Crippen LogP contribution in [0.25, 0.3) is 0 Å². The smallest absolute Gasteiger partial charge is 0.234 e. The molecule has 0 bridgehead atoms. The van der Waals surface area contributed by atoms with Crippen molar-refractivity contribution in [3.63, 3.8) is 0 Å². The third-order valence-corrected chi connectivity index (χ3v) is 6.58. The van der Waals surface area contributed by atoms with Gasteiger partial charge in [-0.15, -0.1) is 0 Å². The fourth-order valence-corrected chi connectivity index (χ4v) is 4.56. The second-order valence-corrected chi connectivity index (χ2v) is 8.79. The minimum Gasteiger partial charge on any atom is -0.497 e. The summed E-state index contributed by atoms with van der Waals surface area (Å²) in [7, 11) is 1.68. The van der Waals surface area contributed by atoms with Gasteiger partial charge in [-0.3, -0.25) is 4.79 Å². The number of piperazine rings is 1. The Morgan fingerprint density at radius 1 is 1.03 bits per heavy atom. The molecule has 10 heteroatoms. The number of anilines is 3. The summed E-state index contributed by atoms with van der Waals surface area (Å²) in [6, 6.07) is 15.4.